The number of ether oxygens (including phenoxy) is 1. The molecule has 0 saturated carbocycles. The van der Waals surface area contributed by atoms with Crippen LogP contribution < -0.4 is 10.1 Å². The van der Waals surface area contributed by atoms with E-state index in [4.69, 9.17) is 9.15 Å². The summed E-state index contributed by atoms with van der Waals surface area (Å²) in [5, 5.41) is 7.85. The van der Waals surface area contributed by atoms with Crippen molar-refractivity contribution in [2.24, 2.45) is 7.05 Å². The van der Waals surface area contributed by atoms with E-state index in [0.717, 1.165) is 10.9 Å². The zero-order valence-corrected chi connectivity index (χ0v) is 17.6. The molecule has 10 nitrogen and oxygen atoms in total. The lowest BCUT2D eigenvalue weighted by molar-refractivity contribution is -0.134. The topological polar surface area (TPSA) is 120 Å². The highest BCUT2D eigenvalue weighted by Gasteiger charge is 2.32. The van der Waals surface area contributed by atoms with E-state index in [1.54, 1.807) is 9.58 Å². The van der Waals surface area contributed by atoms with E-state index in [1.807, 2.05) is 25.2 Å². The summed E-state index contributed by atoms with van der Waals surface area (Å²) in [4.78, 5) is 41.9. The molecule has 2 fully saturated rings. The number of carbonyl (C=O) groups is 3. The second-order valence-electron chi connectivity index (χ2n) is 8.11. The van der Waals surface area contributed by atoms with Crippen LogP contribution in [0, 0.1) is 0 Å². The number of nitrogens with one attached hydrogen (secondary N) is 1. The molecule has 1 atom stereocenters. The molecule has 10 heteroatoms. The molecule has 0 aliphatic carbocycles. The highest BCUT2D eigenvalue weighted by Crippen LogP contribution is 2.35. The molecule has 2 aromatic heterocycles. The van der Waals surface area contributed by atoms with Gasteiger partial charge in [0.15, 0.2) is 0 Å². The van der Waals surface area contributed by atoms with Gasteiger partial charge in [-0.05, 0) is 12.5 Å². The molecule has 1 N–H and O–H groups in total. The van der Waals surface area contributed by atoms with Gasteiger partial charge in [0.05, 0.1) is 17.8 Å². The van der Waals surface area contributed by atoms with E-state index < -0.39 is 5.92 Å². The van der Waals surface area contributed by atoms with Gasteiger partial charge in [-0.25, -0.2) is 4.98 Å². The lowest BCUT2D eigenvalue weighted by atomic mass is 9.93. The lowest BCUT2D eigenvalue weighted by Crippen LogP contribution is -2.41. The average molecular weight is 437 g/mol. The van der Waals surface area contributed by atoms with E-state index in [1.165, 1.54) is 12.5 Å². The number of piperidine rings is 2. The van der Waals surface area contributed by atoms with E-state index in [-0.39, 0.29) is 29.7 Å². The number of carbonyl (C=O) groups excluding carboxylic acids is 3. The van der Waals surface area contributed by atoms with Gasteiger partial charge in [-0.15, -0.1) is 0 Å². The van der Waals surface area contributed by atoms with Crippen LogP contribution in [-0.2, 0) is 16.6 Å². The first-order chi connectivity index (χ1) is 15.5. The maximum Gasteiger partial charge on any atom is 0.309 e. The molecule has 4 heterocycles. The van der Waals surface area contributed by atoms with Gasteiger partial charge < -0.3 is 14.1 Å². The maximum absolute atomic E-state index is 12.4. The highest BCUT2D eigenvalue weighted by molar-refractivity contribution is 6.03. The van der Waals surface area contributed by atoms with Gasteiger partial charge in [-0.2, -0.15) is 5.10 Å². The van der Waals surface area contributed by atoms with E-state index in [2.05, 4.69) is 15.4 Å². The zero-order valence-electron chi connectivity index (χ0n) is 17.6. The molecule has 3 aromatic rings. The third kappa shape index (κ3) is 3.61. The van der Waals surface area contributed by atoms with Crippen molar-refractivity contribution < 1.29 is 23.5 Å². The molecule has 32 heavy (non-hydrogen) atoms. The Labute approximate surface area is 183 Å². The Bertz CT molecular complexity index is 1180. The molecule has 2 aliphatic heterocycles. The molecular formula is C22H23N5O5. The Balaban J connectivity index is 1.32. The number of nitrogens with zero attached hydrogens (tertiary/aromatic N) is 4. The first kappa shape index (κ1) is 20.2. The van der Waals surface area contributed by atoms with Crippen LogP contribution in [-0.4, -0.2) is 56.6 Å². The number of aryl methyl sites for hydroxylation is 1. The van der Waals surface area contributed by atoms with E-state index >= 15 is 0 Å². The summed E-state index contributed by atoms with van der Waals surface area (Å²) < 4.78 is 13.2. The number of hydrogen-bond acceptors (Lipinski definition) is 7. The first-order valence-corrected chi connectivity index (χ1v) is 10.7. The molecule has 0 radical (unpaired) electrons. The van der Waals surface area contributed by atoms with E-state index in [0.29, 0.717) is 50.2 Å². The quantitative estimate of drug-likeness (QED) is 0.618. The van der Waals surface area contributed by atoms with Crippen LogP contribution in [0.3, 0.4) is 0 Å². The molecule has 166 valence electrons. The number of fused-ring (bicyclic) bond motifs is 1. The summed E-state index contributed by atoms with van der Waals surface area (Å²) in [7, 11) is 1.82. The van der Waals surface area contributed by atoms with Crippen molar-refractivity contribution in [2.75, 3.05) is 13.1 Å². The summed E-state index contributed by atoms with van der Waals surface area (Å²) in [6, 6.07) is 5.70. The summed E-state index contributed by atoms with van der Waals surface area (Å²) >= 11 is 0. The average Bonchev–Trinajstić information content (AvgIpc) is 3.43. The molecule has 1 aromatic carbocycles. The molecule has 0 bridgehead atoms. The van der Waals surface area contributed by atoms with Crippen molar-refractivity contribution in [1.29, 1.82) is 0 Å². The zero-order chi connectivity index (χ0) is 22.2. The minimum Gasteiger partial charge on any atom is -0.488 e. The minimum absolute atomic E-state index is 0.0526. The predicted molar refractivity (Wildman–Crippen MR) is 112 cm³/mol. The largest absolute Gasteiger partial charge is 0.488 e. The molecule has 2 aliphatic rings. The van der Waals surface area contributed by atoms with Crippen molar-refractivity contribution in [3.63, 3.8) is 0 Å². The third-order valence-electron chi connectivity index (χ3n) is 6.06. The van der Waals surface area contributed by atoms with Crippen LogP contribution in [0.1, 0.15) is 48.0 Å². The summed E-state index contributed by atoms with van der Waals surface area (Å²) in [6.07, 6.45) is 4.90. The maximum atomic E-state index is 12.4. The SMILES string of the molecule is Cn1nc(C2CCC(=O)NC2=O)c2cccc(OC3CCN(C(=O)c4ncco4)CC3)c21. The molecule has 2 saturated heterocycles. The second-order valence-corrected chi connectivity index (χ2v) is 8.11. The van der Waals surface area contributed by atoms with Gasteiger partial charge in [0.1, 0.15) is 23.6 Å². The first-order valence-electron chi connectivity index (χ1n) is 10.7. The fraction of sp³-hybridized carbons (Fsp3) is 0.409. The van der Waals surface area contributed by atoms with Crippen LogP contribution in [0.25, 0.3) is 10.9 Å². The number of rotatable bonds is 4. The predicted octanol–water partition coefficient (Wildman–Crippen LogP) is 1.77. The van der Waals surface area contributed by atoms with Crippen molar-refractivity contribution in [1.82, 2.24) is 25.0 Å². The number of para-hydroxylation sites is 1. The second kappa shape index (κ2) is 8.10. The Morgan fingerprint density at radius 2 is 2.03 bits per heavy atom. The van der Waals surface area contributed by atoms with Gasteiger partial charge in [0.25, 0.3) is 5.89 Å². The molecular weight excluding hydrogens is 414 g/mol. The Morgan fingerprint density at radius 1 is 1.22 bits per heavy atom. The molecule has 3 amide bonds. The van der Waals surface area contributed by atoms with Crippen molar-refractivity contribution >= 4 is 28.6 Å². The standard InChI is InChI=1S/C22H23N5O5/c1-26-19-14(18(25-26)15-5-6-17(28)24-20(15)29)3-2-4-16(19)32-13-7-10-27(11-8-13)22(30)21-23-9-12-31-21/h2-4,9,12-13,15H,5-8,10-11H2,1H3,(H,24,28,29). The number of oxazole rings is 1. The number of likely N-dealkylation sites (tertiary alicyclic amines) is 1. The van der Waals surface area contributed by atoms with Crippen LogP contribution in [0.4, 0.5) is 0 Å². The smallest absolute Gasteiger partial charge is 0.309 e. The van der Waals surface area contributed by atoms with Crippen LogP contribution >= 0.6 is 0 Å². The summed E-state index contributed by atoms with van der Waals surface area (Å²) in [5.41, 5.74) is 1.47. The number of amides is 3. The van der Waals surface area contributed by atoms with E-state index in [9.17, 15) is 14.4 Å². The lowest BCUT2D eigenvalue weighted by Gasteiger charge is -2.31. The van der Waals surface area contributed by atoms with Crippen LogP contribution in [0.15, 0.2) is 35.1 Å². The van der Waals surface area contributed by atoms with Gasteiger partial charge >= 0.3 is 5.91 Å². The van der Waals surface area contributed by atoms with Gasteiger partial charge in [-0.1, -0.05) is 12.1 Å². The summed E-state index contributed by atoms with van der Waals surface area (Å²) in [5.74, 6) is -0.440. The fourth-order valence-corrected chi connectivity index (χ4v) is 4.46. The van der Waals surface area contributed by atoms with Gasteiger partial charge in [-0.3, -0.25) is 24.4 Å². The Hall–Kier alpha value is -3.69. The molecule has 0 spiro atoms. The molecule has 1 unspecified atom stereocenters. The number of aromatic nitrogens is 3. The Morgan fingerprint density at radius 3 is 2.75 bits per heavy atom. The minimum atomic E-state index is -0.462. The number of benzene rings is 1. The third-order valence-corrected chi connectivity index (χ3v) is 6.06. The van der Waals surface area contributed by atoms with Gasteiger partial charge in [0.2, 0.25) is 11.8 Å². The highest BCUT2D eigenvalue weighted by atomic mass is 16.5. The van der Waals surface area contributed by atoms with Crippen LogP contribution in [0.2, 0.25) is 0 Å². The normalized spacial score (nSPS) is 19.9. The summed E-state index contributed by atoms with van der Waals surface area (Å²) in [6.45, 7) is 1.10. The number of hydrogen-bond donors (Lipinski definition) is 1. The monoisotopic (exact) mass is 437 g/mol. The van der Waals surface area contributed by atoms with Gasteiger partial charge in [0, 0.05) is 44.8 Å². The van der Waals surface area contributed by atoms with Crippen LogP contribution in [0.5, 0.6) is 5.75 Å². The van der Waals surface area contributed by atoms with Crippen molar-refractivity contribution in [3.05, 3.63) is 42.2 Å². The fourth-order valence-electron chi connectivity index (χ4n) is 4.46. The van der Waals surface area contributed by atoms with Crippen molar-refractivity contribution in [3.8, 4) is 5.75 Å². The molecule has 5 rings (SSSR count). The Kier molecular flexibility index (Phi) is 5.12. The van der Waals surface area contributed by atoms with Crippen molar-refractivity contribution in [2.45, 2.75) is 37.7 Å². The number of imide groups is 1.